The van der Waals surface area contributed by atoms with Crippen molar-refractivity contribution in [3.63, 3.8) is 0 Å². The van der Waals surface area contributed by atoms with E-state index in [0.29, 0.717) is 104 Å². The van der Waals surface area contributed by atoms with Crippen LogP contribution in [0.5, 0.6) is 11.5 Å². The third-order valence-corrected chi connectivity index (χ3v) is 20.1. The lowest BCUT2D eigenvalue weighted by Crippen LogP contribution is -2.49. The Morgan fingerprint density at radius 2 is 1.19 bits per heavy atom. The number of carbonyl (C=O) groups excluding carboxylic acids is 2. The maximum Gasteiger partial charge on any atom is 0.314 e. The molecule has 2 amide bonds. The van der Waals surface area contributed by atoms with Crippen LogP contribution in [-0.4, -0.2) is 167 Å². The number of unbranched alkanes of at least 4 members (excludes halogenated alkanes) is 2. The van der Waals surface area contributed by atoms with Gasteiger partial charge >= 0.3 is 6.03 Å². The van der Waals surface area contributed by atoms with Crippen LogP contribution in [-0.2, 0) is 56.4 Å². The van der Waals surface area contributed by atoms with Crippen LogP contribution in [0.3, 0.4) is 0 Å². The fourth-order valence-electron chi connectivity index (χ4n) is 12.0. The minimum atomic E-state index is -4.09. The SMILES string of the molecule is [C-]#[N+]c1cc(Cl)cc2c1C[C@H](N1CCC[C@@H](N)C1)[C@H]2Oc1ccc(S(=O)(=O)NCCOCCOCCCC(=O)CCCCCNC(=O)NCCOCCOCCCS(=O)(=O)c2ccc(O[C@H]3c4cc(Cl)cc(C#N)c4C[C@@H]3N3CCC[C@@H](N)C3)c(F)c2)cc1F. The van der Waals surface area contributed by atoms with Gasteiger partial charge in [0.05, 0.1) is 85.5 Å². The van der Waals surface area contributed by atoms with Crippen LogP contribution in [0.1, 0.15) is 111 Å². The average Bonchev–Trinajstić information content (AvgIpc) is 1.82. The van der Waals surface area contributed by atoms with Crippen LogP contribution in [0.4, 0.5) is 19.3 Å². The van der Waals surface area contributed by atoms with Crippen molar-refractivity contribution >= 4 is 60.6 Å². The van der Waals surface area contributed by atoms with E-state index in [-0.39, 0.29) is 129 Å². The Kier molecular flexibility index (Phi) is 26.8. The van der Waals surface area contributed by atoms with Gasteiger partial charge in [-0.15, -0.1) is 0 Å². The number of urea groups is 1. The number of benzene rings is 4. The number of Topliss-reactive ketones (excluding diaryl/α,β-unsaturated/α-hetero) is 1. The molecule has 0 aromatic heterocycles. The van der Waals surface area contributed by atoms with Crippen LogP contribution in [0, 0.1) is 29.5 Å². The fourth-order valence-corrected chi connectivity index (χ4v) is 14.7. The number of likely N-dealkylation sites (tertiary alicyclic amines) is 2. The second kappa shape index (κ2) is 34.3. The number of nitrogens with one attached hydrogen (secondary N) is 3. The summed E-state index contributed by atoms with van der Waals surface area (Å²) in [6, 6.07) is 15.2. The van der Waals surface area contributed by atoms with Gasteiger partial charge in [0.2, 0.25) is 10.0 Å². The van der Waals surface area contributed by atoms with Crippen molar-refractivity contribution in [3.8, 4) is 17.6 Å². The third kappa shape index (κ3) is 19.9. The van der Waals surface area contributed by atoms with Crippen molar-refractivity contribution in [2.75, 3.05) is 104 Å². The molecule has 6 atom stereocenters. The highest BCUT2D eigenvalue weighted by atomic mass is 35.5. The van der Waals surface area contributed by atoms with Crippen LogP contribution >= 0.6 is 23.2 Å². The van der Waals surface area contributed by atoms with Gasteiger partial charge in [-0.1, -0.05) is 29.6 Å². The minimum absolute atomic E-state index is 0.0207. The molecule has 90 heavy (non-hydrogen) atoms. The van der Waals surface area contributed by atoms with E-state index in [1.54, 1.807) is 24.3 Å². The molecule has 2 heterocycles. The van der Waals surface area contributed by atoms with E-state index >= 15 is 8.78 Å². The molecule has 2 aliphatic carbocycles. The van der Waals surface area contributed by atoms with Crippen molar-refractivity contribution < 1.29 is 63.6 Å². The standard InChI is InChI=1S/C63H81Cl2F2N9O12S2/c1-71-56-34-44(65)33-53-51(56)38-58(76-21-6-10-46(70)41-76)62(53)88-60-16-14-49(36-55(60)67)90(81,82)74-19-25-86-29-26-83-22-7-12-47(77)11-3-2-4-17-72-63(78)73-18-24-85-28-27-84-23-8-30-89(79,80)48-13-15-59(54(66)35-48)87-61-52-32-43(64)31-42(39-68)50(52)37-57(61)75-20-5-9-45(69)40-75/h13-16,31-36,45-46,57-58,61-62,74H,2-12,17-30,37-38,40-41,69-70H2,(H2,72,73,78)/t45-,46-,57+,58+,61+,62+/m1/s1. The molecule has 2 aliphatic heterocycles. The molecule has 0 saturated carbocycles. The number of ketones is 1. The van der Waals surface area contributed by atoms with Crippen molar-refractivity contribution in [1.82, 2.24) is 25.2 Å². The van der Waals surface area contributed by atoms with Crippen molar-refractivity contribution in [3.05, 3.63) is 122 Å². The first-order valence-electron chi connectivity index (χ1n) is 30.7. The summed E-state index contributed by atoms with van der Waals surface area (Å²) in [4.78, 5) is 32.2. The lowest BCUT2D eigenvalue weighted by atomic mass is 10.0. The third-order valence-electron chi connectivity index (χ3n) is 16.4. The Balaban J connectivity index is 0.597. The number of nitrogens with two attached hydrogens (primary N) is 2. The van der Waals surface area contributed by atoms with Gasteiger partial charge < -0.3 is 50.5 Å². The molecule has 7 N–H and O–H groups in total. The number of sulfone groups is 1. The summed E-state index contributed by atoms with van der Waals surface area (Å²) >= 11 is 12.8. The summed E-state index contributed by atoms with van der Waals surface area (Å²) in [5.74, 6) is -2.07. The Morgan fingerprint density at radius 1 is 0.656 bits per heavy atom. The largest absolute Gasteiger partial charge is 0.481 e. The molecule has 4 aliphatic rings. The molecule has 0 spiro atoms. The molecule has 2 saturated heterocycles. The minimum Gasteiger partial charge on any atom is -0.481 e. The molecule has 4 aromatic carbocycles. The lowest BCUT2D eigenvalue weighted by molar-refractivity contribution is -0.119. The van der Waals surface area contributed by atoms with E-state index in [4.69, 9.17) is 69.7 Å². The predicted molar refractivity (Wildman–Crippen MR) is 335 cm³/mol. The maximum atomic E-state index is 15.6. The summed E-state index contributed by atoms with van der Waals surface area (Å²) in [6.07, 6.45) is 6.92. The van der Waals surface area contributed by atoms with Crippen LogP contribution in [0.15, 0.2) is 70.5 Å². The Labute approximate surface area is 536 Å². The van der Waals surface area contributed by atoms with Crippen molar-refractivity contribution in [2.24, 2.45) is 11.5 Å². The molecule has 0 unspecified atom stereocenters. The molecule has 27 heteroatoms. The number of hydrogen-bond donors (Lipinski definition) is 5. The average molecular weight is 1330 g/mol. The van der Waals surface area contributed by atoms with E-state index < -0.39 is 43.7 Å². The first kappa shape index (κ1) is 70.3. The van der Waals surface area contributed by atoms with E-state index in [1.165, 1.54) is 24.3 Å². The van der Waals surface area contributed by atoms with Crippen LogP contribution in [0.2, 0.25) is 10.0 Å². The van der Waals surface area contributed by atoms with Crippen LogP contribution < -0.4 is 36.3 Å². The fraction of sp³-hybridized carbons (Fsp3) is 0.556. The highest BCUT2D eigenvalue weighted by molar-refractivity contribution is 7.91. The summed E-state index contributed by atoms with van der Waals surface area (Å²) in [6.45, 7) is 12.8. The monoisotopic (exact) mass is 1330 g/mol. The Morgan fingerprint density at radius 3 is 1.79 bits per heavy atom. The van der Waals surface area contributed by atoms with Gasteiger partial charge in [-0.25, -0.2) is 40.0 Å². The number of fused-ring (bicyclic) bond motifs is 2. The lowest BCUT2D eigenvalue weighted by Gasteiger charge is -2.38. The first-order chi connectivity index (χ1) is 43.3. The number of piperidine rings is 2. The Bertz CT molecular complexity index is 3200. The van der Waals surface area contributed by atoms with Gasteiger partial charge in [0.25, 0.3) is 0 Å². The number of hydrogen-bond acceptors (Lipinski definition) is 17. The highest BCUT2D eigenvalue weighted by Gasteiger charge is 2.43. The van der Waals surface area contributed by atoms with E-state index in [2.05, 4.69) is 36.1 Å². The zero-order valence-electron chi connectivity index (χ0n) is 50.4. The van der Waals surface area contributed by atoms with Crippen molar-refractivity contribution in [1.29, 1.82) is 5.26 Å². The molecule has 8 rings (SSSR count). The second-order valence-corrected chi connectivity index (χ2v) is 27.7. The number of carbonyl (C=O) groups is 2. The first-order valence-corrected chi connectivity index (χ1v) is 34.6. The Hall–Kier alpha value is -5.62. The van der Waals surface area contributed by atoms with Gasteiger partial charge in [-0.3, -0.25) is 14.6 Å². The van der Waals surface area contributed by atoms with Gasteiger partial charge in [-0.2, -0.15) is 5.26 Å². The maximum absolute atomic E-state index is 15.6. The molecule has 4 aromatic rings. The molecule has 21 nitrogen and oxygen atoms in total. The van der Waals surface area contributed by atoms with E-state index in [0.717, 1.165) is 68.5 Å². The summed E-state index contributed by atoms with van der Waals surface area (Å²) in [5.41, 5.74) is 16.4. The number of ether oxygens (including phenoxy) is 6. The van der Waals surface area contributed by atoms with Gasteiger partial charge in [0.1, 0.15) is 18.0 Å². The number of nitrogens with zero attached hydrogens (tertiary/aromatic N) is 4. The van der Waals surface area contributed by atoms with Crippen LogP contribution in [0.25, 0.3) is 4.85 Å². The quantitative estimate of drug-likeness (QED) is 0.0215. The normalized spacial score (nSPS) is 20.2. The molecular formula is C63H81Cl2F2N9O12S2. The highest BCUT2D eigenvalue weighted by Crippen LogP contribution is 2.46. The van der Waals surface area contributed by atoms with E-state index in [9.17, 15) is 31.7 Å². The van der Waals surface area contributed by atoms with Gasteiger partial charge in [-0.05, 0) is 160 Å². The summed E-state index contributed by atoms with van der Waals surface area (Å²) in [5, 5.41) is 16.1. The van der Waals surface area contributed by atoms with E-state index in [1.807, 2.05) is 0 Å². The zero-order valence-corrected chi connectivity index (χ0v) is 53.6. The topological polar surface area (TPSA) is 281 Å². The summed E-state index contributed by atoms with van der Waals surface area (Å²) < 4.78 is 121. The predicted octanol–water partition coefficient (Wildman–Crippen LogP) is 8.05. The number of sulfonamides is 1. The molecule has 2 fully saturated rings. The number of halogens is 4. The molecule has 0 bridgehead atoms. The molecule has 0 radical (unpaired) electrons. The van der Waals surface area contributed by atoms with Gasteiger partial charge in [0.15, 0.2) is 38.7 Å². The molecule has 490 valence electrons. The van der Waals surface area contributed by atoms with Crippen molar-refractivity contribution in [2.45, 2.75) is 130 Å². The second-order valence-electron chi connectivity index (χ2n) is 23.0. The smallest absolute Gasteiger partial charge is 0.314 e. The number of amides is 2. The number of rotatable bonds is 35. The zero-order chi connectivity index (χ0) is 64.2. The molecular weight excluding hydrogens is 1250 g/mol. The number of nitriles is 1. The van der Waals surface area contributed by atoms with Gasteiger partial charge in [0, 0.05) is 80.9 Å². The summed E-state index contributed by atoms with van der Waals surface area (Å²) in [7, 11) is -7.94.